The van der Waals surface area contributed by atoms with E-state index in [1.807, 2.05) is 24.3 Å². The molecule has 2 aromatic rings. The first-order chi connectivity index (χ1) is 11.1. The molecule has 0 aliphatic carbocycles. The number of nitrogens with zero attached hydrogens (tertiary/aromatic N) is 2. The molecule has 4 nitrogen and oxygen atoms in total. The number of benzene rings is 1. The van der Waals surface area contributed by atoms with Crippen LogP contribution in [0, 0.1) is 17.2 Å². The third-order valence-corrected chi connectivity index (χ3v) is 3.40. The van der Waals surface area contributed by atoms with Gasteiger partial charge in [-0.3, -0.25) is 4.98 Å². The Labute approximate surface area is 136 Å². The molecule has 0 unspecified atom stereocenters. The van der Waals surface area contributed by atoms with Crippen molar-refractivity contribution >= 4 is 5.97 Å². The van der Waals surface area contributed by atoms with Crippen LogP contribution in [0.1, 0.15) is 48.0 Å². The van der Waals surface area contributed by atoms with Crippen molar-refractivity contribution in [2.45, 2.75) is 32.8 Å². The third kappa shape index (κ3) is 4.93. The second-order valence-corrected chi connectivity index (χ2v) is 5.81. The van der Waals surface area contributed by atoms with E-state index in [0.29, 0.717) is 17.9 Å². The minimum atomic E-state index is -0.388. The lowest BCUT2D eigenvalue weighted by atomic mass is 10.0. The molecule has 2 rings (SSSR count). The molecule has 1 aromatic carbocycles. The Balaban J connectivity index is 2.17. The molecule has 0 amide bonds. The second kappa shape index (κ2) is 8.09. The average molecular weight is 308 g/mol. The molecule has 23 heavy (non-hydrogen) atoms. The first-order valence-corrected chi connectivity index (χ1v) is 7.68. The van der Waals surface area contributed by atoms with Gasteiger partial charge >= 0.3 is 5.97 Å². The van der Waals surface area contributed by atoms with Crippen LogP contribution in [0.3, 0.4) is 0 Å². The Hall–Kier alpha value is -2.67. The van der Waals surface area contributed by atoms with Crippen molar-refractivity contribution in [3.05, 3.63) is 65.5 Å². The Kier molecular flexibility index (Phi) is 5.87. The number of hydrogen-bond donors (Lipinski definition) is 0. The van der Waals surface area contributed by atoms with Crippen LogP contribution in [-0.4, -0.2) is 11.0 Å². The molecule has 0 bridgehead atoms. The Bertz CT molecular complexity index is 690. The smallest absolute Gasteiger partial charge is 0.338 e. The normalized spacial score (nSPS) is 11.7. The van der Waals surface area contributed by atoms with Crippen LogP contribution >= 0.6 is 0 Å². The van der Waals surface area contributed by atoms with Gasteiger partial charge in [-0.25, -0.2) is 4.79 Å². The number of aromatic nitrogens is 1. The van der Waals surface area contributed by atoms with Crippen molar-refractivity contribution in [2.75, 3.05) is 0 Å². The summed E-state index contributed by atoms with van der Waals surface area (Å²) in [5.41, 5.74) is 2.02. The van der Waals surface area contributed by atoms with Gasteiger partial charge in [0.15, 0.2) is 0 Å². The van der Waals surface area contributed by atoms with Crippen molar-refractivity contribution in [2.24, 2.45) is 5.92 Å². The quantitative estimate of drug-likeness (QED) is 0.754. The van der Waals surface area contributed by atoms with Gasteiger partial charge in [0, 0.05) is 6.20 Å². The number of nitriles is 1. The highest BCUT2D eigenvalue weighted by molar-refractivity contribution is 5.89. The molecular formula is C19H20N2O2. The van der Waals surface area contributed by atoms with Crippen LogP contribution in [0.25, 0.3) is 0 Å². The SMILES string of the molecule is CC(C)C[C@H](OC(=O)c1cccc(CC#N)c1)c1ccccn1. The van der Waals surface area contributed by atoms with Crippen molar-refractivity contribution in [3.8, 4) is 6.07 Å². The maximum atomic E-state index is 12.4. The van der Waals surface area contributed by atoms with E-state index in [1.165, 1.54) is 0 Å². The molecule has 0 N–H and O–H groups in total. The molecule has 0 aliphatic rings. The van der Waals surface area contributed by atoms with E-state index in [2.05, 4.69) is 24.9 Å². The second-order valence-electron chi connectivity index (χ2n) is 5.81. The third-order valence-electron chi connectivity index (χ3n) is 3.40. The van der Waals surface area contributed by atoms with E-state index in [-0.39, 0.29) is 18.5 Å². The van der Waals surface area contributed by atoms with Gasteiger partial charge in [-0.05, 0) is 42.2 Å². The van der Waals surface area contributed by atoms with Crippen LogP contribution in [0.2, 0.25) is 0 Å². The van der Waals surface area contributed by atoms with E-state index in [1.54, 1.807) is 24.4 Å². The van der Waals surface area contributed by atoms with E-state index in [4.69, 9.17) is 10.00 Å². The van der Waals surface area contributed by atoms with E-state index >= 15 is 0 Å². The predicted octanol–water partition coefficient (Wildman–Crippen LogP) is 4.09. The van der Waals surface area contributed by atoms with Gasteiger partial charge in [0.1, 0.15) is 6.10 Å². The zero-order valence-corrected chi connectivity index (χ0v) is 13.4. The molecule has 1 aromatic heterocycles. The highest BCUT2D eigenvalue weighted by Crippen LogP contribution is 2.25. The summed E-state index contributed by atoms with van der Waals surface area (Å²) >= 11 is 0. The fourth-order valence-electron chi connectivity index (χ4n) is 2.32. The van der Waals surface area contributed by atoms with Crippen LogP contribution in [0.4, 0.5) is 0 Å². The first kappa shape index (κ1) is 16.7. The summed E-state index contributed by atoms with van der Waals surface area (Å²) in [5.74, 6) is -0.0131. The molecule has 4 heteroatoms. The summed E-state index contributed by atoms with van der Waals surface area (Å²) < 4.78 is 5.68. The van der Waals surface area contributed by atoms with Crippen LogP contribution in [-0.2, 0) is 11.2 Å². The highest BCUT2D eigenvalue weighted by atomic mass is 16.5. The van der Waals surface area contributed by atoms with Gasteiger partial charge in [-0.15, -0.1) is 0 Å². The number of hydrogen-bond acceptors (Lipinski definition) is 4. The zero-order valence-electron chi connectivity index (χ0n) is 13.4. The van der Waals surface area contributed by atoms with Crippen molar-refractivity contribution < 1.29 is 9.53 Å². The molecule has 0 saturated carbocycles. The highest BCUT2D eigenvalue weighted by Gasteiger charge is 2.20. The molecule has 0 radical (unpaired) electrons. The molecule has 1 heterocycles. The molecule has 0 spiro atoms. The lowest BCUT2D eigenvalue weighted by Gasteiger charge is -2.19. The maximum Gasteiger partial charge on any atom is 0.338 e. The molecular weight excluding hydrogens is 288 g/mol. The van der Waals surface area contributed by atoms with Crippen molar-refractivity contribution in [1.29, 1.82) is 5.26 Å². The van der Waals surface area contributed by atoms with Gasteiger partial charge in [0.05, 0.1) is 23.7 Å². The van der Waals surface area contributed by atoms with Crippen LogP contribution in [0.5, 0.6) is 0 Å². The van der Waals surface area contributed by atoms with Crippen LogP contribution < -0.4 is 0 Å². The van der Waals surface area contributed by atoms with Gasteiger partial charge < -0.3 is 4.74 Å². The summed E-state index contributed by atoms with van der Waals surface area (Å²) in [6.45, 7) is 4.16. The van der Waals surface area contributed by atoms with Gasteiger partial charge in [-0.2, -0.15) is 5.26 Å². The fraction of sp³-hybridized carbons (Fsp3) is 0.316. The van der Waals surface area contributed by atoms with Crippen molar-refractivity contribution in [1.82, 2.24) is 4.98 Å². The van der Waals surface area contributed by atoms with E-state index in [9.17, 15) is 4.79 Å². The number of pyridine rings is 1. The monoisotopic (exact) mass is 308 g/mol. The first-order valence-electron chi connectivity index (χ1n) is 7.68. The number of carbonyl (C=O) groups is 1. The largest absolute Gasteiger partial charge is 0.452 e. The van der Waals surface area contributed by atoms with E-state index in [0.717, 1.165) is 11.3 Å². The maximum absolute atomic E-state index is 12.4. The Morgan fingerprint density at radius 2 is 2.09 bits per heavy atom. The number of ether oxygens (including phenoxy) is 1. The zero-order chi connectivity index (χ0) is 16.7. The fourth-order valence-corrected chi connectivity index (χ4v) is 2.32. The molecule has 0 aliphatic heterocycles. The van der Waals surface area contributed by atoms with Gasteiger partial charge in [-0.1, -0.05) is 32.0 Å². The predicted molar refractivity (Wildman–Crippen MR) is 87.6 cm³/mol. The standard InChI is InChI=1S/C19H20N2O2/c1-14(2)12-18(17-8-3-4-11-21-17)23-19(22)16-7-5-6-15(13-16)9-10-20/h3-8,11,13-14,18H,9,12H2,1-2H3/t18-/m0/s1. The Morgan fingerprint density at radius 3 is 2.74 bits per heavy atom. The van der Waals surface area contributed by atoms with Gasteiger partial charge in [0.25, 0.3) is 0 Å². The van der Waals surface area contributed by atoms with Gasteiger partial charge in [0.2, 0.25) is 0 Å². The summed E-state index contributed by atoms with van der Waals surface area (Å²) in [6, 6.07) is 14.7. The topological polar surface area (TPSA) is 63.0 Å². The molecule has 118 valence electrons. The minimum absolute atomic E-state index is 0.275. The number of esters is 1. The Morgan fingerprint density at radius 1 is 1.26 bits per heavy atom. The lowest BCUT2D eigenvalue weighted by molar-refractivity contribution is 0.0237. The summed E-state index contributed by atoms with van der Waals surface area (Å²) in [6.07, 6.45) is 2.31. The molecule has 0 fully saturated rings. The molecule has 1 atom stereocenters. The number of rotatable bonds is 6. The van der Waals surface area contributed by atoms with E-state index < -0.39 is 0 Å². The lowest BCUT2D eigenvalue weighted by Crippen LogP contribution is -2.15. The summed E-state index contributed by atoms with van der Waals surface area (Å²) in [7, 11) is 0. The molecule has 0 saturated heterocycles. The summed E-state index contributed by atoms with van der Waals surface area (Å²) in [4.78, 5) is 16.7. The summed E-state index contributed by atoms with van der Waals surface area (Å²) in [5, 5.41) is 8.77. The van der Waals surface area contributed by atoms with Crippen LogP contribution in [0.15, 0.2) is 48.7 Å². The van der Waals surface area contributed by atoms with Crippen molar-refractivity contribution in [3.63, 3.8) is 0 Å². The average Bonchev–Trinajstić information content (AvgIpc) is 2.55. The minimum Gasteiger partial charge on any atom is -0.452 e. The number of carbonyl (C=O) groups excluding carboxylic acids is 1.